The molecule has 3 aromatic rings. The number of para-hydroxylation sites is 1. The van der Waals surface area contributed by atoms with Gasteiger partial charge in [0.1, 0.15) is 5.82 Å². The highest BCUT2D eigenvalue weighted by atomic mass is 35.5. The molecular formula is C21H16ClFN2O2. The quantitative estimate of drug-likeness (QED) is 0.644. The molecule has 27 heavy (non-hydrogen) atoms. The maximum Gasteiger partial charge on any atom is 0.257 e. The van der Waals surface area contributed by atoms with Crippen LogP contribution in [-0.2, 0) is 0 Å². The normalized spacial score (nSPS) is 10.3. The Balaban J connectivity index is 1.80. The Hall–Kier alpha value is -3.18. The van der Waals surface area contributed by atoms with Gasteiger partial charge >= 0.3 is 0 Å². The third-order valence-corrected chi connectivity index (χ3v) is 4.36. The molecular weight excluding hydrogens is 367 g/mol. The van der Waals surface area contributed by atoms with E-state index in [1.165, 1.54) is 24.3 Å². The number of carbonyl (C=O) groups is 2. The van der Waals surface area contributed by atoms with E-state index in [1.807, 2.05) is 6.92 Å². The molecule has 136 valence electrons. The Labute approximate surface area is 161 Å². The van der Waals surface area contributed by atoms with Crippen LogP contribution in [0.15, 0.2) is 66.7 Å². The summed E-state index contributed by atoms with van der Waals surface area (Å²) < 4.78 is 13.0. The standard InChI is InChI=1S/C21H16ClFN2O2/c1-13-6-7-14(12-18(13)22)20(26)25-19-5-3-2-4-17(19)21(27)24-16-10-8-15(23)9-11-16/h2-12H,1H3,(H,24,27)(H,25,26). The van der Waals surface area contributed by atoms with Crippen molar-refractivity contribution in [2.45, 2.75) is 6.92 Å². The zero-order valence-electron chi connectivity index (χ0n) is 14.4. The fraction of sp³-hybridized carbons (Fsp3) is 0.0476. The molecule has 0 atom stereocenters. The maximum absolute atomic E-state index is 13.0. The van der Waals surface area contributed by atoms with Gasteiger partial charge in [-0.05, 0) is 61.0 Å². The van der Waals surface area contributed by atoms with Gasteiger partial charge in [0.15, 0.2) is 0 Å². The van der Waals surface area contributed by atoms with Crippen LogP contribution < -0.4 is 10.6 Å². The summed E-state index contributed by atoms with van der Waals surface area (Å²) in [5.74, 6) is -1.18. The summed E-state index contributed by atoms with van der Waals surface area (Å²) in [5, 5.41) is 5.90. The summed E-state index contributed by atoms with van der Waals surface area (Å²) in [6.07, 6.45) is 0. The monoisotopic (exact) mass is 382 g/mol. The topological polar surface area (TPSA) is 58.2 Å². The van der Waals surface area contributed by atoms with Crippen molar-refractivity contribution in [3.8, 4) is 0 Å². The summed E-state index contributed by atoms with van der Waals surface area (Å²) in [6.45, 7) is 1.85. The predicted octanol–water partition coefficient (Wildman–Crippen LogP) is 5.29. The molecule has 0 unspecified atom stereocenters. The van der Waals surface area contributed by atoms with Crippen LogP contribution in [0.5, 0.6) is 0 Å². The first-order valence-corrected chi connectivity index (χ1v) is 8.55. The van der Waals surface area contributed by atoms with Crippen LogP contribution in [0.1, 0.15) is 26.3 Å². The second-order valence-corrected chi connectivity index (χ2v) is 6.33. The first-order valence-electron chi connectivity index (χ1n) is 8.17. The molecule has 2 amide bonds. The van der Waals surface area contributed by atoms with Crippen molar-refractivity contribution in [3.05, 3.63) is 94.3 Å². The molecule has 3 rings (SSSR count). The number of halogens is 2. The molecule has 3 aromatic carbocycles. The van der Waals surface area contributed by atoms with Crippen LogP contribution >= 0.6 is 11.6 Å². The summed E-state index contributed by atoms with van der Waals surface area (Å²) >= 11 is 6.07. The average molecular weight is 383 g/mol. The van der Waals surface area contributed by atoms with E-state index in [1.54, 1.807) is 42.5 Å². The van der Waals surface area contributed by atoms with Crippen LogP contribution in [-0.4, -0.2) is 11.8 Å². The van der Waals surface area contributed by atoms with Crippen molar-refractivity contribution in [2.24, 2.45) is 0 Å². The average Bonchev–Trinajstić information content (AvgIpc) is 2.66. The Bertz CT molecular complexity index is 1000. The molecule has 0 aliphatic carbocycles. The van der Waals surface area contributed by atoms with Gasteiger partial charge in [0.2, 0.25) is 0 Å². The zero-order valence-corrected chi connectivity index (χ0v) is 15.2. The van der Waals surface area contributed by atoms with E-state index in [-0.39, 0.29) is 11.5 Å². The van der Waals surface area contributed by atoms with E-state index >= 15 is 0 Å². The summed E-state index contributed by atoms with van der Waals surface area (Å²) in [4.78, 5) is 25.1. The minimum absolute atomic E-state index is 0.286. The van der Waals surface area contributed by atoms with Crippen LogP contribution in [0, 0.1) is 12.7 Å². The molecule has 0 bridgehead atoms. The molecule has 0 radical (unpaired) electrons. The SMILES string of the molecule is Cc1ccc(C(=O)Nc2ccccc2C(=O)Nc2ccc(F)cc2)cc1Cl. The second-order valence-electron chi connectivity index (χ2n) is 5.92. The van der Waals surface area contributed by atoms with Crippen LogP contribution in [0.4, 0.5) is 15.8 Å². The number of hydrogen-bond donors (Lipinski definition) is 2. The first-order chi connectivity index (χ1) is 12.9. The molecule has 0 aliphatic rings. The molecule has 0 heterocycles. The Kier molecular flexibility index (Phi) is 5.52. The second kappa shape index (κ2) is 8.01. The van der Waals surface area contributed by atoms with E-state index in [9.17, 15) is 14.0 Å². The number of hydrogen-bond acceptors (Lipinski definition) is 2. The lowest BCUT2D eigenvalue weighted by Crippen LogP contribution is -2.18. The van der Waals surface area contributed by atoms with Crippen LogP contribution in [0.3, 0.4) is 0 Å². The molecule has 0 fully saturated rings. The molecule has 4 nitrogen and oxygen atoms in total. The zero-order chi connectivity index (χ0) is 19.4. The number of carbonyl (C=O) groups excluding carboxylic acids is 2. The van der Waals surface area contributed by atoms with Gasteiger partial charge in [-0.25, -0.2) is 4.39 Å². The number of rotatable bonds is 4. The van der Waals surface area contributed by atoms with Crippen molar-refractivity contribution in [1.82, 2.24) is 0 Å². The number of anilines is 2. The lowest BCUT2D eigenvalue weighted by atomic mass is 10.1. The molecule has 0 spiro atoms. The van der Waals surface area contributed by atoms with Gasteiger partial charge < -0.3 is 10.6 Å². The maximum atomic E-state index is 13.0. The van der Waals surface area contributed by atoms with E-state index in [2.05, 4.69) is 10.6 Å². The lowest BCUT2D eigenvalue weighted by Gasteiger charge is -2.12. The number of aryl methyl sites for hydroxylation is 1. The molecule has 0 saturated heterocycles. The Morgan fingerprint density at radius 2 is 1.59 bits per heavy atom. The van der Waals surface area contributed by atoms with Crippen molar-refractivity contribution >= 4 is 34.8 Å². The van der Waals surface area contributed by atoms with Gasteiger partial charge in [0.25, 0.3) is 11.8 Å². The van der Waals surface area contributed by atoms with Crippen molar-refractivity contribution < 1.29 is 14.0 Å². The minimum atomic E-state index is -0.417. The van der Waals surface area contributed by atoms with E-state index in [0.29, 0.717) is 22.0 Å². The Morgan fingerprint density at radius 3 is 2.30 bits per heavy atom. The highest BCUT2D eigenvalue weighted by Crippen LogP contribution is 2.21. The van der Waals surface area contributed by atoms with Crippen LogP contribution in [0.2, 0.25) is 5.02 Å². The summed E-state index contributed by atoms with van der Waals surface area (Å²) in [6, 6.07) is 17.1. The smallest absolute Gasteiger partial charge is 0.257 e. The highest BCUT2D eigenvalue weighted by molar-refractivity contribution is 6.31. The van der Waals surface area contributed by atoms with Gasteiger partial charge in [-0.3, -0.25) is 9.59 Å². The summed E-state index contributed by atoms with van der Waals surface area (Å²) in [5.41, 5.74) is 2.35. The molecule has 2 N–H and O–H groups in total. The third-order valence-electron chi connectivity index (χ3n) is 3.96. The summed E-state index contributed by atoms with van der Waals surface area (Å²) in [7, 11) is 0. The molecule has 0 aliphatic heterocycles. The molecule has 6 heteroatoms. The fourth-order valence-electron chi connectivity index (χ4n) is 2.45. The fourth-order valence-corrected chi connectivity index (χ4v) is 2.63. The lowest BCUT2D eigenvalue weighted by molar-refractivity contribution is 0.102. The van der Waals surface area contributed by atoms with Gasteiger partial charge in [-0.2, -0.15) is 0 Å². The van der Waals surface area contributed by atoms with Gasteiger partial charge in [0, 0.05) is 16.3 Å². The third kappa shape index (κ3) is 4.51. The van der Waals surface area contributed by atoms with Gasteiger partial charge in [0.05, 0.1) is 11.3 Å². The van der Waals surface area contributed by atoms with Crippen molar-refractivity contribution in [3.63, 3.8) is 0 Å². The van der Waals surface area contributed by atoms with Gasteiger partial charge in [-0.15, -0.1) is 0 Å². The first kappa shape index (κ1) is 18.6. The molecule has 0 saturated carbocycles. The predicted molar refractivity (Wildman–Crippen MR) is 105 cm³/mol. The van der Waals surface area contributed by atoms with E-state index in [4.69, 9.17) is 11.6 Å². The largest absolute Gasteiger partial charge is 0.322 e. The van der Waals surface area contributed by atoms with Crippen molar-refractivity contribution in [2.75, 3.05) is 10.6 Å². The molecule has 0 aromatic heterocycles. The van der Waals surface area contributed by atoms with E-state index in [0.717, 1.165) is 5.56 Å². The number of amides is 2. The van der Waals surface area contributed by atoms with Crippen LogP contribution in [0.25, 0.3) is 0 Å². The van der Waals surface area contributed by atoms with Gasteiger partial charge in [-0.1, -0.05) is 29.8 Å². The number of nitrogens with one attached hydrogen (secondary N) is 2. The van der Waals surface area contributed by atoms with E-state index < -0.39 is 11.7 Å². The highest BCUT2D eigenvalue weighted by Gasteiger charge is 2.15. The number of benzene rings is 3. The Morgan fingerprint density at radius 1 is 0.889 bits per heavy atom. The minimum Gasteiger partial charge on any atom is -0.322 e. The van der Waals surface area contributed by atoms with Crippen molar-refractivity contribution in [1.29, 1.82) is 0 Å².